The molecule has 0 radical (unpaired) electrons. The SMILES string of the molecule is Cc1ccc(-c2oc(-c3cnc4ccc(C)cc4c3)nc2-n2ccc(C(C)C)nc2=O)cc1. The molecule has 0 fully saturated rings. The fourth-order valence-corrected chi connectivity index (χ4v) is 3.76. The van der Waals surface area contributed by atoms with E-state index in [1.807, 2.05) is 76.2 Å². The van der Waals surface area contributed by atoms with Gasteiger partial charge in [0.15, 0.2) is 11.6 Å². The van der Waals surface area contributed by atoms with Crippen LogP contribution in [0.4, 0.5) is 0 Å². The molecule has 0 bridgehead atoms. The summed E-state index contributed by atoms with van der Waals surface area (Å²) in [6.45, 7) is 8.09. The summed E-state index contributed by atoms with van der Waals surface area (Å²) < 4.78 is 7.69. The minimum Gasteiger partial charge on any atom is -0.434 e. The van der Waals surface area contributed by atoms with Crippen LogP contribution in [0.1, 0.15) is 36.6 Å². The van der Waals surface area contributed by atoms with Gasteiger partial charge < -0.3 is 4.42 Å². The van der Waals surface area contributed by atoms with Gasteiger partial charge in [0, 0.05) is 23.3 Å². The van der Waals surface area contributed by atoms with E-state index in [1.54, 1.807) is 12.4 Å². The van der Waals surface area contributed by atoms with Crippen molar-refractivity contribution in [1.29, 1.82) is 0 Å². The number of oxazole rings is 1. The predicted octanol–water partition coefficient (Wildman–Crippen LogP) is 5.84. The fourth-order valence-electron chi connectivity index (χ4n) is 3.76. The summed E-state index contributed by atoms with van der Waals surface area (Å²) in [5.74, 6) is 1.47. The molecule has 3 aromatic heterocycles. The Kier molecular flexibility index (Phi) is 5.13. The largest absolute Gasteiger partial charge is 0.434 e. The van der Waals surface area contributed by atoms with Gasteiger partial charge in [0.1, 0.15) is 0 Å². The van der Waals surface area contributed by atoms with Gasteiger partial charge in [-0.1, -0.05) is 55.3 Å². The van der Waals surface area contributed by atoms with Gasteiger partial charge in [0.25, 0.3) is 0 Å². The van der Waals surface area contributed by atoms with E-state index in [9.17, 15) is 4.79 Å². The van der Waals surface area contributed by atoms with Crippen LogP contribution in [0, 0.1) is 13.8 Å². The highest BCUT2D eigenvalue weighted by Gasteiger charge is 2.20. The molecule has 0 unspecified atom stereocenters. The second-order valence-corrected chi connectivity index (χ2v) is 8.62. The van der Waals surface area contributed by atoms with Gasteiger partial charge in [-0.3, -0.25) is 4.98 Å². The van der Waals surface area contributed by atoms with E-state index in [0.717, 1.165) is 38.9 Å². The predicted molar refractivity (Wildman–Crippen MR) is 130 cm³/mol. The van der Waals surface area contributed by atoms with Crippen LogP contribution < -0.4 is 5.69 Å². The molecule has 5 rings (SSSR count). The number of hydrogen-bond donors (Lipinski definition) is 0. The number of rotatable bonds is 4. The summed E-state index contributed by atoms with van der Waals surface area (Å²) in [6.07, 6.45) is 3.46. The number of nitrogens with zero attached hydrogens (tertiary/aromatic N) is 4. The highest BCUT2D eigenvalue weighted by Crippen LogP contribution is 2.32. The van der Waals surface area contributed by atoms with Crippen molar-refractivity contribution in [3.8, 4) is 28.6 Å². The van der Waals surface area contributed by atoms with Crippen molar-refractivity contribution < 1.29 is 4.42 Å². The third kappa shape index (κ3) is 3.96. The molecular weight excluding hydrogens is 412 g/mol. The van der Waals surface area contributed by atoms with Crippen LogP contribution in [-0.2, 0) is 0 Å². The normalized spacial score (nSPS) is 11.4. The molecule has 0 atom stereocenters. The number of pyridine rings is 1. The second kappa shape index (κ2) is 8.13. The number of hydrogen-bond acceptors (Lipinski definition) is 5. The zero-order valence-electron chi connectivity index (χ0n) is 19.0. The van der Waals surface area contributed by atoms with Crippen LogP contribution in [-0.4, -0.2) is 19.5 Å². The molecule has 2 aromatic carbocycles. The Labute approximate surface area is 191 Å². The molecule has 0 saturated heterocycles. The monoisotopic (exact) mass is 436 g/mol. The zero-order chi connectivity index (χ0) is 23.1. The molecule has 0 aliphatic carbocycles. The van der Waals surface area contributed by atoms with Crippen LogP contribution in [0.3, 0.4) is 0 Å². The molecule has 6 heteroatoms. The second-order valence-electron chi connectivity index (χ2n) is 8.62. The van der Waals surface area contributed by atoms with Crippen molar-refractivity contribution in [3.05, 3.63) is 94.3 Å². The first-order valence-electron chi connectivity index (χ1n) is 10.9. The van der Waals surface area contributed by atoms with Gasteiger partial charge in [-0.05, 0) is 44.0 Å². The van der Waals surface area contributed by atoms with Gasteiger partial charge in [-0.2, -0.15) is 9.97 Å². The summed E-state index contributed by atoms with van der Waals surface area (Å²) in [4.78, 5) is 26.4. The summed E-state index contributed by atoms with van der Waals surface area (Å²) in [7, 11) is 0. The zero-order valence-corrected chi connectivity index (χ0v) is 19.0. The van der Waals surface area contributed by atoms with Crippen LogP contribution in [0.5, 0.6) is 0 Å². The summed E-state index contributed by atoms with van der Waals surface area (Å²) in [6, 6.07) is 17.9. The number of benzene rings is 2. The van der Waals surface area contributed by atoms with Crippen molar-refractivity contribution >= 4 is 10.9 Å². The Hall–Kier alpha value is -4.06. The van der Waals surface area contributed by atoms with Gasteiger partial charge in [-0.15, -0.1) is 0 Å². The molecule has 3 heterocycles. The Bertz CT molecular complexity index is 1530. The standard InChI is InChI=1S/C27H24N4O2/c1-16(2)22-11-12-31(27(32)29-22)25-24(19-8-5-17(3)6-9-19)33-26(30-25)21-14-20-13-18(4)7-10-23(20)28-15-21/h5-16H,1-4H3. The van der Waals surface area contributed by atoms with E-state index in [1.165, 1.54) is 4.57 Å². The first-order chi connectivity index (χ1) is 15.9. The molecule has 6 nitrogen and oxygen atoms in total. The van der Waals surface area contributed by atoms with Crippen molar-refractivity contribution in [1.82, 2.24) is 19.5 Å². The quantitative estimate of drug-likeness (QED) is 0.354. The summed E-state index contributed by atoms with van der Waals surface area (Å²) >= 11 is 0. The molecule has 0 aliphatic rings. The van der Waals surface area contributed by atoms with E-state index < -0.39 is 0 Å². The number of aromatic nitrogens is 4. The van der Waals surface area contributed by atoms with Crippen LogP contribution >= 0.6 is 0 Å². The third-order valence-electron chi connectivity index (χ3n) is 5.65. The van der Waals surface area contributed by atoms with Gasteiger partial charge in [-0.25, -0.2) is 9.36 Å². The topological polar surface area (TPSA) is 73.8 Å². The minimum atomic E-state index is -0.387. The maximum absolute atomic E-state index is 12.9. The molecule has 0 aliphatic heterocycles. The molecule has 5 aromatic rings. The van der Waals surface area contributed by atoms with Crippen molar-refractivity contribution in [2.24, 2.45) is 0 Å². The highest BCUT2D eigenvalue weighted by atomic mass is 16.4. The van der Waals surface area contributed by atoms with Crippen molar-refractivity contribution in [3.63, 3.8) is 0 Å². The lowest BCUT2D eigenvalue weighted by Gasteiger charge is -2.07. The molecule has 0 N–H and O–H groups in total. The van der Waals surface area contributed by atoms with E-state index in [-0.39, 0.29) is 11.6 Å². The first-order valence-corrected chi connectivity index (χ1v) is 10.9. The summed E-state index contributed by atoms with van der Waals surface area (Å²) in [5.41, 5.74) is 5.12. The molecule has 164 valence electrons. The molecule has 0 amide bonds. The Morgan fingerprint density at radius 3 is 2.36 bits per heavy atom. The van der Waals surface area contributed by atoms with Crippen molar-refractivity contribution in [2.45, 2.75) is 33.6 Å². The Morgan fingerprint density at radius 1 is 0.879 bits per heavy atom. The van der Waals surface area contributed by atoms with Gasteiger partial charge >= 0.3 is 5.69 Å². The number of fused-ring (bicyclic) bond motifs is 1. The molecule has 0 spiro atoms. The maximum Gasteiger partial charge on any atom is 0.353 e. The first kappa shape index (κ1) is 20.8. The lowest BCUT2D eigenvalue weighted by atomic mass is 10.1. The van der Waals surface area contributed by atoms with Gasteiger partial charge in [0.05, 0.1) is 16.8 Å². The van der Waals surface area contributed by atoms with Crippen LogP contribution in [0.25, 0.3) is 39.5 Å². The Morgan fingerprint density at radius 2 is 1.64 bits per heavy atom. The molecule has 33 heavy (non-hydrogen) atoms. The van der Waals surface area contributed by atoms with E-state index in [2.05, 4.69) is 16.0 Å². The fraction of sp³-hybridized carbons (Fsp3) is 0.185. The minimum absolute atomic E-state index is 0.156. The van der Waals surface area contributed by atoms with Crippen LogP contribution in [0.2, 0.25) is 0 Å². The molecular formula is C27H24N4O2. The Balaban J connectivity index is 1.70. The van der Waals surface area contributed by atoms with Gasteiger partial charge in [0.2, 0.25) is 5.89 Å². The van der Waals surface area contributed by atoms with Crippen LogP contribution in [0.15, 0.2) is 76.2 Å². The summed E-state index contributed by atoms with van der Waals surface area (Å²) in [5, 5.41) is 1.00. The lowest BCUT2D eigenvalue weighted by molar-refractivity contribution is 0.587. The lowest BCUT2D eigenvalue weighted by Crippen LogP contribution is -2.23. The maximum atomic E-state index is 12.9. The van der Waals surface area contributed by atoms with E-state index >= 15 is 0 Å². The van der Waals surface area contributed by atoms with E-state index in [4.69, 9.17) is 9.40 Å². The average Bonchev–Trinajstić information content (AvgIpc) is 3.24. The smallest absolute Gasteiger partial charge is 0.353 e. The third-order valence-corrected chi connectivity index (χ3v) is 5.65. The highest BCUT2D eigenvalue weighted by molar-refractivity contribution is 5.83. The van der Waals surface area contributed by atoms with E-state index in [0.29, 0.717) is 17.5 Å². The molecule has 0 saturated carbocycles. The van der Waals surface area contributed by atoms with Crippen molar-refractivity contribution in [2.75, 3.05) is 0 Å². The number of aryl methyl sites for hydroxylation is 2. The average molecular weight is 437 g/mol.